The number of rotatable bonds is 5. The summed E-state index contributed by atoms with van der Waals surface area (Å²) >= 11 is 5.80. The summed E-state index contributed by atoms with van der Waals surface area (Å²) in [4.78, 5) is 27.7. The zero-order valence-electron chi connectivity index (χ0n) is 11.6. The van der Waals surface area contributed by atoms with E-state index in [4.69, 9.17) is 11.6 Å². The second kappa shape index (κ2) is 6.99. The van der Waals surface area contributed by atoms with Gasteiger partial charge in [-0.2, -0.15) is 0 Å². The Kier molecular flexibility index (Phi) is 5.06. The first-order valence-electron chi connectivity index (χ1n) is 6.56. The molecule has 0 aliphatic rings. The number of carbonyl (C=O) groups excluding carboxylic acids is 2. The number of amides is 1. The van der Waals surface area contributed by atoms with Gasteiger partial charge in [0.25, 0.3) is 0 Å². The molecule has 2 aromatic rings. The van der Waals surface area contributed by atoms with E-state index in [-0.39, 0.29) is 24.5 Å². The van der Waals surface area contributed by atoms with Crippen LogP contribution < -0.4 is 5.32 Å². The van der Waals surface area contributed by atoms with Crippen LogP contribution in [0, 0.1) is 6.92 Å². The van der Waals surface area contributed by atoms with Crippen LogP contribution in [0.4, 0.5) is 5.82 Å². The molecule has 21 heavy (non-hydrogen) atoms. The summed E-state index contributed by atoms with van der Waals surface area (Å²) in [6, 6.07) is 10.5. The van der Waals surface area contributed by atoms with Crippen molar-refractivity contribution in [3.63, 3.8) is 0 Å². The highest BCUT2D eigenvalue weighted by Crippen LogP contribution is 2.13. The van der Waals surface area contributed by atoms with Gasteiger partial charge in [-0.05, 0) is 19.1 Å². The lowest BCUT2D eigenvalue weighted by Gasteiger charge is -2.04. The third kappa shape index (κ3) is 4.68. The van der Waals surface area contributed by atoms with Crippen molar-refractivity contribution < 1.29 is 9.59 Å². The van der Waals surface area contributed by atoms with E-state index in [0.29, 0.717) is 16.4 Å². The maximum atomic E-state index is 12.0. The number of carbonyl (C=O) groups is 2. The number of hydrogen-bond acceptors (Lipinski definition) is 3. The molecule has 5 heteroatoms. The molecule has 0 radical (unpaired) electrons. The monoisotopic (exact) mass is 302 g/mol. The van der Waals surface area contributed by atoms with Crippen molar-refractivity contribution in [1.29, 1.82) is 0 Å². The summed E-state index contributed by atoms with van der Waals surface area (Å²) in [5.74, 6) is 0.0738. The molecule has 108 valence electrons. The molecule has 0 saturated carbocycles. The number of Topliss-reactive ketones (excluding diaryl/α,β-unsaturated/α-hetero) is 1. The van der Waals surface area contributed by atoms with E-state index >= 15 is 0 Å². The largest absolute Gasteiger partial charge is 0.311 e. The van der Waals surface area contributed by atoms with Crippen LogP contribution in [0.5, 0.6) is 0 Å². The van der Waals surface area contributed by atoms with E-state index in [1.165, 1.54) is 6.20 Å². The lowest BCUT2D eigenvalue weighted by atomic mass is 10.1. The number of anilines is 1. The number of pyridine rings is 1. The highest BCUT2D eigenvalue weighted by Gasteiger charge is 2.10. The van der Waals surface area contributed by atoms with E-state index in [9.17, 15) is 9.59 Å². The first kappa shape index (κ1) is 15.2. The van der Waals surface area contributed by atoms with Gasteiger partial charge in [-0.15, -0.1) is 0 Å². The third-order valence-corrected chi connectivity index (χ3v) is 3.18. The highest BCUT2D eigenvalue weighted by atomic mass is 35.5. The number of hydrogen-bond donors (Lipinski definition) is 1. The molecule has 1 N–H and O–H groups in total. The number of nitrogens with zero attached hydrogens (tertiary/aromatic N) is 1. The molecule has 0 aliphatic carbocycles. The Morgan fingerprint density at radius 1 is 1.14 bits per heavy atom. The van der Waals surface area contributed by atoms with Gasteiger partial charge in [0.15, 0.2) is 5.78 Å². The van der Waals surface area contributed by atoms with Crippen LogP contribution in [0.2, 0.25) is 5.02 Å². The molecule has 0 saturated heterocycles. The Bertz CT molecular complexity index is 654. The molecule has 4 nitrogen and oxygen atoms in total. The molecule has 0 bridgehead atoms. The number of ketones is 1. The Morgan fingerprint density at radius 2 is 1.86 bits per heavy atom. The second-order valence-electron chi connectivity index (χ2n) is 4.70. The minimum absolute atomic E-state index is 0.0517. The maximum Gasteiger partial charge on any atom is 0.225 e. The molecule has 1 amide bonds. The summed E-state index contributed by atoms with van der Waals surface area (Å²) in [6.45, 7) is 1.96. The summed E-state index contributed by atoms with van der Waals surface area (Å²) in [7, 11) is 0. The first-order chi connectivity index (χ1) is 10.0. The Hall–Kier alpha value is -2.20. The lowest BCUT2D eigenvalue weighted by molar-refractivity contribution is -0.116. The molecule has 0 unspecified atom stereocenters. The van der Waals surface area contributed by atoms with Gasteiger partial charge in [-0.1, -0.05) is 41.4 Å². The van der Waals surface area contributed by atoms with Crippen LogP contribution in [-0.4, -0.2) is 16.7 Å². The second-order valence-corrected chi connectivity index (χ2v) is 5.13. The van der Waals surface area contributed by atoms with Crippen molar-refractivity contribution in [2.75, 3.05) is 5.32 Å². The van der Waals surface area contributed by atoms with Crippen LogP contribution >= 0.6 is 11.6 Å². The van der Waals surface area contributed by atoms with E-state index in [2.05, 4.69) is 10.3 Å². The quantitative estimate of drug-likeness (QED) is 0.858. The average molecular weight is 303 g/mol. The van der Waals surface area contributed by atoms with Gasteiger partial charge in [-0.3, -0.25) is 9.59 Å². The van der Waals surface area contributed by atoms with Gasteiger partial charge in [-0.25, -0.2) is 4.98 Å². The fourth-order valence-electron chi connectivity index (χ4n) is 1.79. The maximum absolute atomic E-state index is 12.0. The summed E-state index contributed by atoms with van der Waals surface area (Å²) < 4.78 is 0. The lowest BCUT2D eigenvalue weighted by Crippen LogP contribution is -2.14. The molecule has 0 fully saturated rings. The average Bonchev–Trinajstić information content (AvgIpc) is 2.45. The van der Waals surface area contributed by atoms with Crippen molar-refractivity contribution in [3.05, 3.63) is 58.7 Å². The van der Waals surface area contributed by atoms with Crippen LogP contribution in [0.1, 0.15) is 28.8 Å². The van der Waals surface area contributed by atoms with Crippen molar-refractivity contribution >= 4 is 29.1 Å². The number of aryl methyl sites for hydroxylation is 1. The standard InChI is InChI=1S/C16H15ClN2O2/c1-11-2-4-12(5-3-11)14(20)6-7-16(21)19-15-10-13(17)8-9-18-15/h2-5,8-10H,6-7H2,1H3,(H,18,19,21). The molecule has 1 heterocycles. The van der Waals surface area contributed by atoms with Gasteiger partial charge in [0.1, 0.15) is 5.82 Å². The predicted octanol–water partition coefficient (Wildman–Crippen LogP) is 3.65. The van der Waals surface area contributed by atoms with E-state index in [0.717, 1.165) is 5.56 Å². The van der Waals surface area contributed by atoms with Crippen molar-refractivity contribution in [2.24, 2.45) is 0 Å². The molecule has 1 aromatic heterocycles. The van der Waals surface area contributed by atoms with Crippen molar-refractivity contribution in [2.45, 2.75) is 19.8 Å². The minimum atomic E-state index is -0.259. The molecule has 1 aromatic carbocycles. The zero-order chi connectivity index (χ0) is 15.2. The van der Waals surface area contributed by atoms with Crippen LogP contribution in [0.3, 0.4) is 0 Å². The third-order valence-electron chi connectivity index (χ3n) is 2.94. The van der Waals surface area contributed by atoms with Crippen LogP contribution in [0.15, 0.2) is 42.6 Å². The predicted molar refractivity (Wildman–Crippen MR) is 82.6 cm³/mol. The smallest absolute Gasteiger partial charge is 0.225 e. The van der Waals surface area contributed by atoms with E-state index < -0.39 is 0 Å². The van der Waals surface area contributed by atoms with Gasteiger partial charge < -0.3 is 5.32 Å². The van der Waals surface area contributed by atoms with Crippen molar-refractivity contribution in [3.8, 4) is 0 Å². The fraction of sp³-hybridized carbons (Fsp3) is 0.188. The Balaban J connectivity index is 1.86. The van der Waals surface area contributed by atoms with Crippen LogP contribution in [-0.2, 0) is 4.79 Å². The number of nitrogens with one attached hydrogen (secondary N) is 1. The van der Waals surface area contributed by atoms with Gasteiger partial charge >= 0.3 is 0 Å². The molecule has 0 spiro atoms. The number of halogens is 1. The van der Waals surface area contributed by atoms with E-state index in [1.807, 2.05) is 19.1 Å². The molecule has 0 aliphatic heterocycles. The number of benzene rings is 1. The van der Waals surface area contributed by atoms with Gasteiger partial charge in [0.05, 0.1) is 0 Å². The van der Waals surface area contributed by atoms with E-state index in [1.54, 1.807) is 24.3 Å². The van der Waals surface area contributed by atoms with Gasteiger partial charge in [0.2, 0.25) is 5.91 Å². The van der Waals surface area contributed by atoms with Gasteiger partial charge in [0, 0.05) is 29.6 Å². The topological polar surface area (TPSA) is 59.1 Å². The molecular formula is C16H15ClN2O2. The normalized spacial score (nSPS) is 10.2. The summed E-state index contributed by atoms with van der Waals surface area (Å²) in [5.41, 5.74) is 1.71. The van der Waals surface area contributed by atoms with Crippen LogP contribution in [0.25, 0.3) is 0 Å². The zero-order valence-corrected chi connectivity index (χ0v) is 12.4. The Morgan fingerprint density at radius 3 is 2.52 bits per heavy atom. The fourth-order valence-corrected chi connectivity index (χ4v) is 1.95. The van der Waals surface area contributed by atoms with Crippen molar-refractivity contribution in [1.82, 2.24) is 4.98 Å². The number of aromatic nitrogens is 1. The molecule has 0 atom stereocenters. The summed E-state index contributed by atoms with van der Waals surface area (Å²) in [6.07, 6.45) is 1.78. The minimum Gasteiger partial charge on any atom is -0.311 e. The molecule has 2 rings (SSSR count). The SMILES string of the molecule is Cc1ccc(C(=O)CCC(=O)Nc2cc(Cl)ccn2)cc1. The molecular weight excluding hydrogens is 288 g/mol. The highest BCUT2D eigenvalue weighted by molar-refractivity contribution is 6.30. The Labute approximate surface area is 128 Å². The summed E-state index contributed by atoms with van der Waals surface area (Å²) in [5, 5.41) is 3.11. The first-order valence-corrected chi connectivity index (χ1v) is 6.93.